The molecule has 0 spiro atoms. The average molecular weight is 347 g/mol. The normalized spacial score (nSPS) is 11.8. The molecule has 0 aliphatic heterocycles. The zero-order chi connectivity index (χ0) is 17.5. The zero-order valence-corrected chi connectivity index (χ0v) is 14.6. The number of rotatable bonds is 7. The molecule has 2 rings (SSSR count). The van der Waals surface area contributed by atoms with E-state index in [9.17, 15) is 9.59 Å². The molecule has 3 N–H and O–H groups in total. The fourth-order valence-corrected chi connectivity index (χ4v) is 3.14. The quantitative estimate of drug-likeness (QED) is 0.455. The second kappa shape index (κ2) is 8.44. The van der Waals surface area contributed by atoms with Gasteiger partial charge in [0.2, 0.25) is 5.91 Å². The minimum Gasteiger partial charge on any atom is -0.469 e. The Labute approximate surface area is 145 Å². The van der Waals surface area contributed by atoms with Crippen LogP contribution in [-0.2, 0) is 27.2 Å². The van der Waals surface area contributed by atoms with E-state index in [1.807, 2.05) is 36.6 Å². The van der Waals surface area contributed by atoms with E-state index in [1.165, 1.54) is 18.4 Å². The number of ether oxygens (including phenoxy) is 1. The van der Waals surface area contributed by atoms with E-state index in [2.05, 4.69) is 15.0 Å². The molecule has 7 heteroatoms. The van der Waals surface area contributed by atoms with Crippen LogP contribution in [0.15, 0.2) is 29.6 Å². The highest BCUT2D eigenvalue weighted by molar-refractivity contribution is 7.09. The Kier molecular flexibility index (Phi) is 6.31. The first-order valence-electron chi connectivity index (χ1n) is 7.66. The molecule has 0 fully saturated rings. The molecule has 1 aromatic carbocycles. The van der Waals surface area contributed by atoms with E-state index in [0.29, 0.717) is 12.1 Å². The molecule has 0 aliphatic carbocycles. The molecule has 1 aromatic heterocycles. The van der Waals surface area contributed by atoms with Gasteiger partial charge in [0.15, 0.2) is 0 Å². The van der Waals surface area contributed by atoms with Crippen LogP contribution in [0.2, 0.25) is 0 Å². The number of methoxy groups -OCH3 is 1. The Hall–Kier alpha value is -2.41. The van der Waals surface area contributed by atoms with Gasteiger partial charge in [-0.2, -0.15) is 0 Å². The number of nitrogens with two attached hydrogens (primary N) is 1. The van der Waals surface area contributed by atoms with Crippen molar-refractivity contribution in [2.24, 2.45) is 0 Å². The van der Waals surface area contributed by atoms with Crippen molar-refractivity contribution in [3.8, 4) is 0 Å². The maximum Gasteiger partial charge on any atom is 0.315 e. The molecule has 0 aliphatic rings. The van der Waals surface area contributed by atoms with Crippen LogP contribution in [0, 0.1) is 0 Å². The molecule has 128 valence electrons. The smallest absolute Gasteiger partial charge is 0.315 e. The highest BCUT2D eigenvalue weighted by atomic mass is 32.1. The van der Waals surface area contributed by atoms with Crippen LogP contribution >= 0.6 is 11.3 Å². The minimum absolute atomic E-state index is 0.295. The van der Waals surface area contributed by atoms with E-state index < -0.39 is 5.97 Å². The lowest BCUT2D eigenvalue weighted by molar-refractivity contribution is -0.143. The summed E-state index contributed by atoms with van der Waals surface area (Å²) in [5, 5.41) is 5.68. The molecular formula is C17H21N3O3S. The Bertz CT molecular complexity index is 697. The number of amides is 1. The van der Waals surface area contributed by atoms with E-state index in [1.54, 1.807) is 0 Å². The van der Waals surface area contributed by atoms with Gasteiger partial charge in [-0.15, -0.1) is 11.3 Å². The second-order valence-electron chi connectivity index (χ2n) is 5.35. The number of hydrogen-bond acceptors (Lipinski definition) is 6. The van der Waals surface area contributed by atoms with Gasteiger partial charge in [0.05, 0.1) is 18.8 Å². The molecule has 2 aromatic rings. The van der Waals surface area contributed by atoms with Gasteiger partial charge in [0.1, 0.15) is 11.4 Å². The number of hydrogen-bond donors (Lipinski definition) is 2. The van der Waals surface area contributed by atoms with Gasteiger partial charge < -0.3 is 15.8 Å². The lowest BCUT2D eigenvalue weighted by Crippen LogP contribution is -2.31. The molecule has 6 nitrogen and oxygen atoms in total. The van der Waals surface area contributed by atoms with Crippen LogP contribution in [0.1, 0.15) is 35.7 Å². The summed E-state index contributed by atoms with van der Waals surface area (Å²) in [5.74, 6) is -0.942. The summed E-state index contributed by atoms with van der Waals surface area (Å²) in [6, 6.07) is 7.19. The van der Waals surface area contributed by atoms with Gasteiger partial charge in [-0.25, -0.2) is 4.98 Å². The number of anilines is 1. The van der Waals surface area contributed by atoms with Gasteiger partial charge in [-0.1, -0.05) is 19.1 Å². The van der Waals surface area contributed by atoms with E-state index >= 15 is 0 Å². The Morgan fingerprint density at radius 3 is 2.62 bits per heavy atom. The van der Waals surface area contributed by atoms with Crippen LogP contribution in [0.4, 0.5) is 5.69 Å². The van der Waals surface area contributed by atoms with Crippen molar-refractivity contribution in [1.82, 2.24) is 10.3 Å². The molecule has 0 saturated heterocycles. The van der Waals surface area contributed by atoms with Crippen molar-refractivity contribution in [2.45, 2.75) is 32.2 Å². The maximum atomic E-state index is 12.1. The molecule has 0 saturated carbocycles. The summed E-state index contributed by atoms with van der Waals surface area (Å²) >= 11 is 1.50. The summed E-state index contributed by atoms with van der Waals surface area (Å²) in [6.07, 6.45) is 1.10. The molecule has 24 heavy (non-hydrogen) atoms. The number of benzene rings is 1. The van der Waals surface area contributed by atoms with Crippen molar-refractivity contribution in [3.63, 3.8) is 0 Å². The third-order valence-electron chi connectivity index (χ3n) is 3.52. The van der Waals surface area contributed by atoms with Crippen LogP contribution in [0.25, 0.3) is 0 Å². The summed E-state index contributed by atoms with van der Waals surface area (Å²) in [5.41, 5.74) is 8.41. The maximum absolute atomic E-state index is 12.1. The molecule has 0 radical (unpaired) electrons. The van der Waals surface area contributed by atoms with E-state index in [4.69, 9.17) is 5.73 Å². The lowest BCUT2D eigenvalue weighted by atomic mass is 10.1. The van der Waals surface area contributed by atoms with Crippen molar-refractivity contribution in [3.05, 3.63) is 45.9 Å². The zero-order valence-electron chi connectivity index (χ0n) is 13.7. The Balaban J connectivity index is 2.15. The third kappa shape index (κ3) is 5.06. The van der Waals surface area contributed by atoms with Crippen LogP contribution in [-0.4, -0.2) is 24.0 Å². The fourth-order valence-electron chi connectivity index (χ4n) is 2.18. The number of aryl methyl sites for hydroxylation is 1. The van der Waals surface area contributed by atoms with Crippen LogP contribution in [0.3, 0.4) is 0 Å². The van der Waals surface area contributed by atoms with Crippen molar-refractivity contribution in [2.75, 3.05) is 12.8 Å². The summed E-state index contributed by atoms with van der Waals surface area (Å²) in [6.45, 7) is 2.03. The molecule has 1 atom stereocenters. The first kappa shape index (κ1) is 17.9. The number of nitrogens with one attached hydrogen (secondary N) is 1. The van der Waals surface area contributed by atoms with Gasteiger partial charge >= 0.3 is 5.97 Å². The lowest BCUT2D eigenvalue weighted by Gasteiger charge is -2.16. The fraction of sp³-hybridized carbons (Fsp3) is 0.353. The topological polar surface area (TPSA) is 94.3 Å². The Morgan fingerprint density at radius 1 is 1.33 bits per heavy atom. The van der Waals surface area contributed by atoms with Crippen LogP contribution in [0.5, 0.6) is 0 Å². The largest absolute Gasteiger partial charge is 0.469 e. The number of aromatic nitrogens is 1. The van der Waals surface area contributed by atoms with Crippen molar-refractivity contribution >= 4 is 28.9 Å². The summed E-state index contributed by atoms with van der Waals surface area (Å²) in [4.78, 5) is 27.9. The predicted molar refractivity (Wildman–Crippen MR) is 93.6 cm³/mol. The van der Waals surface area contributed by atoms with Crippen LogP contribution < -0.4 is 11.1 Å². The Morgan fingerprint density at radius 2 is 2.04 bits per heavy atom. The molecule has 1 heterocycles. The highest BCUT2D eigenvalue weighted by Crippen LogP contribution is 2.23. The first-order chi connectivity index (χ1) is 11.5. The first-order valence-corrected chi connectivity index (χ1v) is 8.54. The number of esters is 1. The standard InChI is InChI=1S/C17H21N3O3S/c1-3-13-10-24-17(19-13)14(20-15(21)9-16(22)23-2)8-11-4-6-12(18)7-5-11/h4-7,10,14H,3,8-9,18H2,1-2H3,(H,20,21)/t14-/m0/s1. The minimum atomic E-state index is -0.563. The van der Waals surface area contributed by atoms with E-state index in [0.717, 1.165) is 22.7 Å². The van der Waals surface area contributed by atoms with Crippen molar-refractivity contribution < 1.29 is 14.3 Å². The van der Waals surface area contributed by atoms with Gasteiger partial charge in [0, 0.05) is 11.1 Å². The van der Waals surface area contributed by atoms with Gasteiger partial charge in [-0.05, 0) is 30.5 Å². The number of nitrogen functional groups attached to an aromatic ring is 1. The van der Waals surface area contributed by atoms with Gasteiger partial charge in [-0.3, -0.25) is 9.59 Å². The SMILES string of the molecule is CCc1csc([C@H](Cc2ccc(N)cc2)NC(=O)CC(=O)OC)n1. The predicted octanol–water partition coefficient (Wildman–Crippen LogP) is 2.25. The summed E-state index contributed by atoms with van der Waals surface area (Å²) < 4.78 is 4.53. The third-order valence-corrected chi connectivity index (χ3v) is 4.52. The number of nitrogens with zero attached hydrogens (tertiary/aromatic N) is 1. The number of carbonyl (C=O) groups excluding carboxylic acids is 2. The average Bonchev–Trinajstić information content (AvgIpc) is 3.05. The second-order valence-corrected chi connectivity index (χ2v) is 6.24. The molecule has 1 amide bonds. The van der Waals surface area contributed by atoms with Gasteiger partial charge in [0.25, 0.3) is 0 Å². The summed E-state index contributed by atoms with van der Waals surface area (Å²) in [7, 11) is 1.26. The number of thiazole rings is 1. The van der Waals surface area contributed by atoms with E-state index in [-0.39, 0.29) is 18.4 Å². The highest BCUT2D eigenvalue weighted by Gasteiger charge is 2.20. The molecule has 0 bridgehead atoms. The monoisotopic (exact) mass is 347 g/mol. The number of carbonyl (C=O) groups is 2. The molecule has 0 unspecified atom stereocenters. The van der Waals surface area contributed by atoms with Crippen molar-refractivity contribution in [1.29, 1.82) is 0 Å². The molecular weight excluding hydrogens is 326 g/mol.